The van der Waals surface area contributed by atoms with E-state index in [0.717, 1.165) is 24.7 Å². The lowest BCUT2D eigenvalue weighted by Crippen LogP contribution is -2.40. The van der Waals surface area contributed by atoms with Gasteiger partial charge in [-0.2, -0.15) is 0 Å². The van der Waals surface area contributed by atoms with Crippen LogP contribution in [0.2, 0.25) is 0 Å². The van der Waals surface area contributed by atoms with Gasteiger partial charge >= 0.3 is 0 Å². The number of benzene rings is 1. The van der Waals surface area contributed by atoms with Gasteiger partial charge in [0.25, 0.3) is 0 Å². The van der Waals surface area contributed by atoms with Crippen LogP contribution in [0.1, 0.15) is 44.2 Å². The summed E-state index contributed by atoms with van der Waals surface area (Å²) in [4.78, 5) is 0. The summed E-state index contributed by atoms with van der Waals surface area (Å²) in [7, 11) is 0. The Balaban J connectivity index is 1.71. The normalized spacial score (nSPS) is 25.6. The summed E-state index contributed by atoms with van der Waals surface area (Å²) in [6.45, 7) is 3.17. The maximum absolute atomic E-state index is 5.70. The Morgan fingerprint density at radius 1 is 1.24 bits per heavy atom. The minimum Gasteiger partial charge on any atom is -0.493 e. The first kappa shape index (κ1) is 11.1. The molecule has 0 aromatic heterocycles. The highest BCUT2D eigenvalue weighted by Gasteiger charge is 2.28. The molecule has 0 amide bonds. The van der Waals surface area contributed by atoms with E-state index in [1.54, 1.807) is 0 Å². The number of para-hydroxylation sites is 1. The molecule has 1 aromatic carbocycles. The van der Waals surface area contributed by atoms with Gasteiger partial charge in [0.15, 0.2) is 0 Å². The number of hydrogen-bond donors (Lipinski definition) is 1. The zero-order chi connectivity index (χ0) is 11.7. The zero-order valence-corrected chi connectivity index (χ0v) is 10.5. The zero-order valence-electron chi connectivity index (χ0n) is 10.5. The first-order chi connectivity index (χ1) is 8.34. The van der Waals surface area contributed by atoms with E-state index in [2.05, 4.69) is 36.5 Å². The van der Waals surface area contributed by atoms with Crippen LogP contribution >= 0.6 is 0 Å². The summed E-state index contributed by atoms with van der Waals surface area (Å²) in [6.07, 6.45) is 5.31. The lowest BCUT2D eigenvalue weighted by atomic mass is 9.80. The van der Waals surface area contributed by atoms with Gasteiger partial charge in [0, 0.05) is 24.1 Å². The van der Waals surface area contributed by atoms with Crippen molar-refractivity contribution >= 4 is 0 Å². The Morgan fingerprint density at radius 3 is 2.82 bits per heavy atom. The van der Waals surface area contributed by atoms with Crippen molar-refractivity contribution in [1.82, 2.24) is 5.32 Å². The summed E-state index contributed by atoms with van der Waals surface area (Å²) in [5, 5.41) is 3.80. The van der Waals surface area contributed by atoms with Gasteiger partial charge in [-0.15, -0.1) is 0 Å². The number of hydrogen-bond acceptors (Lipinski definition) is 2. The summed E-state index contributed by atoms with van der Waals surface area (Å²) < 4.78 is 5.70. The van der Waals surface area contributed by atoms with Crippen LogP contribution in [0.5, 0.6) is 5.75 Å². The molecule has 1 aliphatic heterocycles. The molecule has 1 heterocycles. The molecule has 1 N–H and O–H groups in total. The first-order valence-electron chi connectivity index (χ1n) is 6.82. The second kappa shape index (κ2) is 4.69. The lowest BCUT2D eigenvalue weighted by Gasteiger charge is -2.36. The molecular formula is C15H21NO. The highest BCUT2D eigenvalue weighted by atomic mass is 16.5. The van der Waals surface area contributed by atoms with Crippen molar-refractivity contribution in [2.75, 3.05) is 6.61 Å². The molecule has 0 unspecified atom stereocenters. The van der Waals surface area contributed by atoms with Gasteiger partial charge in [0.05, 0.1) is 6.61 Å². The van der Waals surface area contributed by atoms with Crippen molar-refractivity contribution in [2.24, 2.45) is 5.92 Å². The van der Waals surface area contributed by atoms with Crippen LogP contribution in [0.25, 0.3) is 0 Å². The van der Waals surface area contributed by atoms with E-state index >= 15 is 0 Å². The monoisotopic (exact) mass is 231 g/mol. The van der Waals surface area contributed by atoms with Crippen LogP contribution < -0.4 is 10.1 Å². The fourth-order valence-corrected chi connectivity index (χ4v) is 2.91. The van der Waals surface area contributed by atoms with Crippen LogP contribution in [0.15, 0.2) is 24.3 Å². The topological polar surface area (TPSA) is 21.3 Å². The average molecular weight is 231 g/mol. The molecule has 2 nitrogen and oxygen atoms in total. The first-order valence-corrected chi connectivity index (χ1v) is 6.82. The van der Waals surface area contributed by atoms with Gasteiger partial charge in [-0.05, 0) is 31.7 Å². The molecule has 1 aromatic rings. The molecule has 0 radical (unpaired) electrons. The van der Waals surface area contributed by atoms with E-state index in [9.17, 15) is 0 Å². The molecule has 0 bridgehead atoms. The van der Waals surface area contributed by atoms with E-state index in [1.165, 1.54) is 24.8 Å². The van der Waals surface area contributed by atoms with E-state index in [-0.39, 0.29) is 0 Å². The van der Waals surface area contributed by atoms with E-state index < -0.39 is 0 Å². The summed E-state index contributed by atoms with van der Waals surface area (Å²) >= 11 is 0. The number of nitrogens with one attached hydrogen (secondary N) is 1. The number of fused-ring (bicyclic) bond motifs is 1. The average Bonchev–Trinajstić information content (AvgIpc) is 2.27. The maximum atomic E-state index is 5.70. The second-order valence-corrected chi connectivity index (χ2v) is 5.37. The highest BCUT2D eigenvalue weighted by Crippen LogP contribution is 2.35. The van der Waals surface area contributed by atoms with Crippen LogP contribution in [0.4, 0.5) is 0 Å². The number of ether oxygens (including phenoxy) is 1. The number of rotatable bonds is 3. The van der Waals surface area contributed by atoms with Gasteiger partial charge in [-0.1, -0.05) is 24.6 Å². The molecule has 17 heavy (non-hydrogen) atoms. The van der Waals surface area contributed by atoms with Crippen LogP contribution in [0, 0.1) is 5.92 Å². The summed E-state index contributed by atoms with van der Waals surface area (Å²) in [5.41, 5.74) is 1.34. The van der Waals surface area contributed by atoms with Crippen LogP contribution in [0.3, 0.4) is 0 Å². The highest BCUT2D eigenvalue weighted by molar-refractivity contribution is 5.37. The van der Waals surface area contributed by atoms with E-state index in [4.69, 9.17) is 4.74 Å². The molecule has 2 aliphatic rings. The summed E-state index contributed by atoms with van der Waals surface area (Å²) in [5.74, 6) is 1.96. The van der Waals surface area contributed by atoms with E-state index in [0.29, 0.717) is 12.1 Å². The Labute approximate surface area is 103 Å². The molecular weight excluding hydrogens is 210 g/mol. The third-order valence-corrected chi connectivity index (χ3v) is 4.28. The third kappa shape index (κ3) is 2.19. The van der Waals surface area contributed by atoms with Gasteiger partial charge in [0.2, 0.25) is 0 Å². The lowest BCUT2D eigenvalue weighted by molar-refractivity contribution is 0.197. The van der Waals surface area contributed by atoms with Crippen molar-refractivity contribution < 1.29 is 4.74 Å². The van der Waals surface area contributed by atoms with Gasteiger partial charge in [0.1, 0.15) is 5.75 Å². The van der Waals surface area contributed by atoms with Crippen LogP contribution in [-0.2, 0) is 0 Å². The Bertz CT molecular complexity index is 386. The fourth-order valence-electron chi connectivity index (χ4n) is 2.91. The smallest absolute Gasteiger partial charge is 0.124 e. The predicted octanol–water partition coefficient (Wildman–Crippen LogP) is 3.29. The molecule has 3 rings (SSSR count). The van der Waals surface area contributed by atoms with Crippen molar-refractivity contribution in [2.45, 2.75) is 44.7 Å². The summed E-state index contributed by atoms with van der Waals surface area (Å²) in [6, 6.07) is 9.55. The molecule has 1 fully saturated rings. The van der Waals surface area contributed by atoms with Crippen molar-refractivity contribution in [3.8, 4) is 5.75 Å². The Kier molecular flexibility index (Phi) is 3.06. The maximum Gasteiger partial charge on any atom is 0.124 e. The minimum absolute atomic E-state index is 0.482. The fraction of sp³-hybridized carbons (Fsp3) is 0.600. The largest absolute Gasteiger partial charge is 0.493 e. The second-order valence-electron chi connectivity index (χ2n) is 5.37. The van der Waals surface area contributed by atoms with Gasteiger partial charge in [-0.25, -0.2) is 0 Å². The molecule has 1 saturated carbocycles. The molecule has 2 atom stereocenters. The SMILES string of the molecule is C[C@H](N[C@@H]1CCOc2ccccc21)C1CCC1. The van der Waals surface area contributed by atoms with Gasteiger partial charge < -0.3 is 10.1 Å². The molecule has 92 valence electrons. The molecule has 0 saturated heterocycles. The quantitative estimate of drug-likeness (QED) is 0.862. The standard InChI is InChI=1S/C15H21NO/c1-11(12-5-4-6-12)16-14-9-10-17-15-8-3-2-7-13(14)15/h2-3,7-8,11-12,14,16H,4-6,9-10H2,1H3/t11-,14+/m0/s1. The molecule has 0 spiro atoms. The van der Waals surface area contributed by atoms with Crippen molar-refractivity contribution in [3.05, 3.63) is 29.8 Å². The van der Waals surface area contributed by atoms with Crippen molar-refractivity contribution in [3.63, 3.8) is 0 Å². The van der Waals surface area contributed by atoms with Gasteiger partial charge in [-0.3, -0.25) is 0 Å². The van der Waals surface area contributed by atoms with Crippen molar-refractivity contribution in [1.29, 1.82) is 0 Å². The molecule has 1 aliphatic carbocycles. The third-order valence-electron chi connectivity index (χ3n) is 4.28. The Morgan fingerprint density at radius 2 is 2.06 bits per heavy atom. The predicted molar refractivity (Wildman–Crippen MR) is 69.2 cm³/mol. The minimum atomic E-state index is 0.482. The Hall–Kier alpha value is -1.02. The van der Waals surface area contributed by atoms with Crippen LogP contribution in [-0.4, -0.2) is 12.6 Å². The molecule has 2 heteroatoms. The van der Waals surface area contributed by atoms with E-state index in [1.807, 2.05) is 0 Å².